The van der Waals surface area contributed by atoms with E-state index in [1.54, 1.807) is 13.1 Å². The third-order valence-corrected chi connectivity index (χ3v) is 2.58. The Hall–Kier alpha value is -1.83. The van der Waals surface area contributed by atoms with Gasteiger partial charge in [0.1, 0.15) is 0 Å². The van der Waals surface area contributed by atoms with E-state index in [0.717, 1.165) is 11.1 Å². The minimum absolute atomic E-state index is 0.0477. The van der Waals surface area contributed by atoms with Crippen LogP contribution in [0.1, 0.15) is 21.5 Å². The lowest BCUT2D eigenvalue weighted by molar-refractivity contribution is 0.0766. The number of hydrogen-bond acceptors (Lipinski definition) is 3. The highest BCUT2D eigenvalue weighted by Gasteiger charge is 2.13. The summed E-state index contributed by atoms with van der Waals surface area (Å²) in [5.41, 5.74) is 7.58. The number of rotatable bonds is 3. The summed E-state index contributed by atoms with van der Waals surface area (Å²) in [4.78, 5) is 13.6. The molecule has 96 valence electrons. The summed E-state index contributed by atoms with van der Waals surface area (Å²) in [6, 6.07) is 5.48. The van der Waals surface area contributed by atoms with Crippen LogP contribution in [0.5, 0.6) is 0 Å². The standard InChI is InChI=1S/C14H18N2O2/c1-11-5-6-12(4-3-7-15)10-13(11)14(18)16(2)8-9-17/h5-6,10,17H,7-9,15H2,1-2H3. The zero-order valence-electron chi connectivity index (χ0n) is 10.7. The van der Waals surface area contributed by atoms with E-state index in [-0.39, 0.29) is 12.5 Å². The number of nitrogens with zero attached hydrogens (tertiary/aromatic N) is 1. The van der Waals surface area contributed by atoms with E-state index in [2.05, 4.69) is 11.8 Å². The Morgan fingerprint density at radius 3 is 2.83 bits per heavy atom. The van der Waals surface area contributed by atoms with Crippen molar-refractivity contribution >= 4 is 5.91 Å². The number of benzene rings is 1. The topological polar surface area (TPSA) is 66.6 Å². The number of aliphatic hydroxyl groups excluding tert-OH is 1. The lowest BCUT2D eigenvalue weighted by Gasteiger charge is -2.17. The van der Waals surface area contributed by atoms with Crippen LogP contribution in [0.15, 0.2) is 18.2 Å². The van der Waals surface area contributed by atoms with Gasteiger partial charge in [0.05, 0.1) is 13.2 Å². The van der Waals surface area contributed by atoms with Crippen LogP contribution >= 0.6 is 0 Å². The molecule has 0 fully saturated rings. The predicted molar refractivity (Wildman–Crippen MR) is 71.2 cm³/mol. The Labute approximate surface area is 107 Å². The number of hydrogen-bond donors (Lipinski definition) is 2. The highest BCUT2D eigenvalue weighted by atomic mass is 16.3. The van der Waals surface area contributed by atoms with E-state index in [9.17, 15) is 4.79 Å². The summed E-state index contributed by atoms with van der Waals surface area (Å²) < 4.78 is 0. The Morgan fingerprint density at radius 1 is 1.50 bits per heavy atom. The number of amides is 1. The van der Waals surface area contributed by atoms with E-state index >= 15 is 0 Å². The number of carbonyl (C=O) groups is 1. The van der Waals surface area contributed by atoms with Gasteiger partial charge >= 0.3 is 0 Å². The van der Waals surface area contributed by atoms with Crippen LogP contribution in [0.3, 0.4) is 0 Å². The summed E-state index contributed by atoms with van der Waals surface area (Å²) in [5.74, 6) is 5.55. The number of aliphatic hydroxyl groups is 1. The molecule has 0 heterocycles. The summed E-state index contributed by atoms with van der Waals surface area (Å²) in [5, 5.41) is 8.84. The second-order valence-electron chi connectivity index (χ2n) is 3.99. The third-order valence-electron chi connectivity index (χ3n) is 2.58. The molecule has 0 saturated carbocycles. The van der Waals surface area contributed by atoms with Crippen molar-refractivity contribution < 1.29 is 9.90 Å². The van der Waals surface area contributed by atoms with Crippen LogP contribution < -0.4 is 5.73 Å². The van der Waals surface area contributed by atoms with E-state index in [1.165, 1.54) is 4.90 Å². The fourth-order valence-corrected chi connectivity index (χ4v) is 1.54. The minimum atomic E-state index is -0.113. The van der Waals surface area contributed by atoms with E-state index in [0.29, 0.717) is 18.7 Å². The average Bonchev–Trinajstić information content (AvgIpc) is 2.37. The van der Waals surface area contributed by atoms with Gasteiger partial charge in [-0.25, -0.2) is 0 Å². The molecule has 1 aromatic carbocycles. The van der Waals surface area contributed by atoms with Gasteiger partial charge in [0.2, 0.25) is 0 Å². The van der Waals surface area contributed by atoms with Gasteiger partial charge < -0.3 is 15.7 Å². The van der Waals surface area contributed by atoms with Crippen molar-refractivity contribution in [1.82, 2.24) is 4.90 Å². The number of carbonyl (C=O) groups excluding carboxylic acids is 1. The molecule has 0 radical (unpaired) electrons. The molecule has 0 spiro atoms. The van der Waals surface area contributed by atoms with E-state index in [4.69, 9.17) is 10.8 Å². The number of aryl methyl sites for hydroxylation is 1. The molecule has 0 aliphatic heterocycles. The molecule has 18 heavy (non-hydrogen) atoms. The molecule has 1 rings (SSSR count). The van der Waals surface area contributed by atoms with E-state index < -0.39 is 0 Å². The van der Waals surface area contributed by atoms with Crippen molar-refractivity contribution in [3.05, 3.63) is 34.9 Å². The van der Waals surface area contributed by atoms with Crippen molar-refractivity contribution in [2.24, 2.45) is 5.73 Å². The summed E-state index contributed by atoms with van der Waals surface area (Å²) >= 11 is 0. The van der Waals surface area contributed by atoms with Crippen LogP contribution in [0.2, 0.25) is 0 Å². The van der Waals surface area contributed by atoms with Gasteiger partial charge in [-0.15, -0.1) is 0 Å². The van der Waals surface area contributed by atoms with E-state index in [1.807, 2.05) is 19.1 Å². The first-order chi connectivity index (χ1) is 8.60. The summed E-state index contributed by atoms with van der Waals surface area (Å²) in [6.07, 6.45) is 0. The first kappa shape index (κ1) is 14.2. The second kappa shape index (κ2) is 6.80. The quantitative estimate of drug-likeness (QED) is 0.757. The zero-order valence-corrected chi connectivity index (χ0v) is 10.7. The van der Waals surface area contributed by atoms with Gasteiger partial charge in [-0.05, 0) is 24.6 Å². The van der Waals surface area contributed by atoms with Crippen LogP contribution in [-0.4, -0.2) is 42.7 Å². The van der Waals surface area contributed by atoms with Crippen LogP contribution in [0, 0.1) is 18.8 Å². The molecule has 4 heteroatoms. The molecular formula is C14H18N2O2. The van der Waals surface area contributed by atoms with Crippen molar-refractivity contribution in [3.8, 4) is 11.8 Å². The molecule has 3 N–H and O–H groups in total. The first-order valence-electron chi connectivity index (χ1n) is 5.76. The smallest absolute Gasteiger partial charge is 0.253 e. The maximum atomic E-state index is 12.1. The monoisotopic (exact) mass is 246 g/mol. The van der Waals surface area contributed by atoms with Crippen molar-refractivity contribution in [2.75, 3.05) is 26.7 Å². The van der Waals surface area contributed by atoms with Gasteiger partial charge in [-0.1, -0.05) is 17.9 Å². The predicted octanol–water partition coefficient (Wildman–Crippen LogP) is 0.370. The Morgan fingerprint density at radius 2 is 2.22 bits per heavy atom. The lowest BCUT2D eigenvalue weighted by atomic mass is 10.0. The third kappa shape index (κ3) is 3.59. The summed E-state index contributed by atoms with van der Waals surface area (Å²) in [7, 11) is 1.66. The number of nitrogens with two attached hydrogens (primary N) is 1. The van der Waals surface area contributed by atoms with Crippen molar-refractivity contribution in [1.29, 1.82) is 0 Å². The SMILES string of the molecule is Cc1ccc(C#CCN)cc1C(=O)N(C)CCO. The fourth-order valence-electron chi connectivity index (χ4n) is 1.54. The molecular weight excluding hydrogens is 228 g/mol. The molecule has 0 unspecified atom stereocenters. The molecule has 1 amide bonds. The Kier molecular flexibility index (Phi) is 5.37. The highest BCUT2D eigenvalue weighted by Crippen LogP contribution is 2.12. The summed E-state index contributed by atoms with van der Waals surface area (Å²) in [6.45, 7) is 2.44. The molecule has 0 aliphatic rings. The van der Waals surface area contributed by atoms with Gasteiger partial charge in [0, 0.05) is 24.7 Å². The van der Waals surface area contributed by atoms with Crippen LogP contribution in [0.4, 0.5) is 0 Å². The Balaban J connectivity index is 3.03. The minimum Gasteiger partial charge on any atom is -0.395 e. The van der Waals surface area contributed by atoms with Crippen LogP contribution in [-0.2, 0) is 0 Å². The Bertz CT molecular complexity index is 486. The van der Waals surface area contributed by atoms with Crippen molar-refractivity contribution in [2.45, 2.75) is 6.92 Å². The molecule has 0 saturated heterocycles. The molecule has 0 atom stereocenters. The molecule has 0 bridgehead atoms. The average molecular weight is 246 g/mol. The maximum Gasteiger partial charge on any atom is 0.253 e. The molecule has 1 aromatic rings. The first-order valence-corrected chi connectivity index (χ1v) is 5.76. The van der Waals surface area contributed by atoms with Crippen molar-refractivity contribution in [3.63, 3.8) is 0 Å². The van der Waals surface area contributed by atoms with Gasteiger partial charge in [0.15, 0.2) is 0 Å². The van der Waals surface area contributed by atoms with Gasteiger partial charge in [-0.2, -0.15) is 0 Å². The van der Waals surface area contributed by atoms with Crippen LogP contribution in [0.25, 0.3) is 0 Å². The second-order valence-corrected chi connectivity index (χ2v) is 3.99. The number of likely N-dealkylation sites (N-methyl/N-ethyl adjacent to an activating group) is 1. The fraction of sp³-hybridized carbons (Fsp3) is 0.357. The normalized spacial score (nSPS) is 9.56. The maximum absolute atomic E-state index is 12.1. The molecule has 4 nitrogen and oxygen atoms in total. The molecule has 0 aliphatic carbocycles. The largest absolute Gasteiger partial charge is 0.395 e. The lowest BCUT2D eigenvalue weighted by Crippen LogP contribution is -2.30. The molecule has 0 aromatic heterocycles. The van der Waals surface area contributed by atoms with Gasteiger partial charge in [0.25, 0.3) is 5.91 Å². The van der Waals surface area contributed by atoms with Gasteiger partial charge in [-0.3, -0.25) is 4.79 Å². The highest BCUT2D eigenvalue weighted by molar-refractivity contribution is 5.95. The zero-order chi connectivity index (χ0) is 13.5.